The number of ether oxygens (including phenoxy) is 6. The van der Waals surface area contributed by atoms with Gasteiger partial charge in [0.15, 0.2) is 11.4 Å². The van der Waals surface area contributed by atoms with Crippen LogP contribution in [0.1, 0.15) is 128 Å². The predicted molar refractivity (Wildman–Crippen MR) is 335 cm³/mol. The average Bonchev–Trinajstić information content (AvgIpc) is 1.54. The van der Waals surface area contributed by atoms with Gasteiger partial charge in [-0.25, -0.2) is 23.4 Å². The van der Waals surface area contributed by atoms with Crippen LogP contribution in [0.3, 0.4) is 0 Å². The minimum atomic E-state index is -3.00. The van der Waals surface area contributed by atoms with Crippen molar-refractivity contribution in [2.24, 2.45) is 17.3 Å². The van der Waals surface area contributed by atoms with Crippen LogP contribution in [0.15, 0.2) is 102 Å². The molecular weight excluding hydrogens is 1170 g/mol. The van der Waals surface area contributed by atoms with E-state index in [0.29, 0.717) is 107 Å². The molecule has 1 aliphatic heterocycles. The third-order valence-electron chi connectivity index (χ3n) is 16.2. The Balaban J connectivity index is 0.608. The van der Waals surface area contributed by atoms with Gasteiger partial charge in [-0.3, -0.25) is 24.0 Å². The number of fused-ring (bicyclic) bond motifs is 2. The van der Waals surface area contributed by atoms with Gasteiger partial charge < -0.3 is 64.3 Å². The van der Waals surface area contributed by atoms with Crippen LogP contribution < -0.4 is 31.3 Å². The first-order chi connectivity index (χ1) is 44.0. The van der Waals surface area contributed by atoms with Crippen LogP contribution in [0.25, 0.3) is 17.1 Å². The number of anilines is 2. The van der Waals surface area contributed by atoms with Gasteiger partial charge in [-0.1, -0.05) is 65.0 Å². The van der Waals surface area contributed by atoms with E-state index in [-0.39, 0.29) is 79.2 Å². The number of carbonyl (C=O) groups excluding carboxylic acids is 5. The van der Waals surface area contributed by atoms with E-state index >= 15 is 0 Å². The molecule has 9 rings (SSSR count). The summed E-state index contributed by atoms with van der Waals surface area (Å²) in [6.45, 7) is 14.5. The lowest BCUT2D eigenvalue weighted by molar-refractivity contribution is -0.147. The molecular formula is C67H84F2N10O12. The van der Waals surface area contributed by atoms with Crippen molar-refractivity contribution >= 4 is 41.0 Å². The summed E-state index contributed by atoms with van der Waals surface area (Å²) in [5.74, 6) is -0.0285. The SMILES string of the molecule is CC[C@@H](C)C(=O)N[C@H](C(=O)N1Cc2cc(OCCOCCOCCOCCOCCOCCNC(=O)c3ccc(-n4cc(NC(=O)c5coc(-c6ccnc(NCC7CC7)c6)n5)c(C(F)F)n4)cc3)ccc2C[C@H]1C(=O)N[C@@H]1CCCc2ccccc21)C(C)(C)C. The number of carbonyl (C=O) groups is 5. The maximum Gasteiger partial charge on any atom is 0.284 e. The third kappa shape index (κ3) is 19.2. The number of aryl methyl sites for hydroxylation is 1. The maximum atomic E-state index is 14.7. The third-order valence-corrected chi connectivity index (χ3v) is 16.2. The van der Waals surface area contributed by atoms with Crippen molar-refractivity contribution in [3.8, 4) is 22.9 Å². The highest BCUT2D eigenvalue weighted by Gasteiger charge is 2.43. The molecule has 4 heterocycles. The van der Waals surface area contributed by atoms with E-state index in [1.807, 2.05) is 65.0 Å². The zero-order chi connectivity index (χ0) is 64.3. The quantitative estimate of drug-likeness (QED) is 0.0236. The Kier molecular flexibility index (Phi) is 24.2. The summed E-state index contributed by atoms with van der Waals surface area (Å²) < 4.78 is 69.2. The van der Waals surface area contributed by atoms with Gasteiger partial charge in [0.1, 0.15) is 36.5 Å². The molecule has 0 unspecified atom stereocenters. The van der Waals surface area contributed by atoms with Gasteiger partial charge in [-0.15, -0.1) is 0 Å². The average molecular weight is 1260 g/mol. The fourth-order valence-electron chi connectivity index (χ4n) is 10.6. The lowest BCUT2D eigenvalue weighted by Gasteiger charge is -2.42. The molecule has 1 saturated carbocycles. The van der Waals surface area contributed by atoms with Gasteiger partial charge in [0, 0.05) is 49.3 Å². The summed E-state index contributed by atoms with van der Waals surface area (Å²) in [6.07, 6.45) is 7.07. The summed E-state index contributed by atoms with van der Waals surface area (Å²) in [5.41, 5.74) is 3.87. The van der Waals surface area contributed by atoms with Crippen LogP contribution in [0.5, 0.6) is 5.75 Å². The Morgan fingerprint density at radius 1 is 0.780 bits per heavy atom. The van der Waals surface area contributed by atoms with E-state index < -0.39 is 35.5 Å². The molecule has 0 saturated heterocycles. The largest absolute Gasteiger partial charge is 0.491 e. The van der Waals surface area contributed by atoms with Crippen LogP contribution in [0.4, 0.5) is 20.3 Å². The first-order valence-electron chi connectivity index (χ1n) is 31.4. The van der Waals surface area contributed by atoms with E-state index in [1.54, 1.807) is 35.4 Å². The highest BCUT2D eigenvalue weighted by Crippen LogP contribution is 2.35. The summed E-state index contributed by atoms with van der Waals surface area (Å²) in [7, 11) is 0. The second-order valence-electron chi connectivity index (χ2n) is 24.0. The van der Waals surface area contributed by atoms with Crippen molar-refractivity contribution in [3.63, 3.8) is 0 Å². The molecule has 0 spiro atoms. The highest BCUT2D eigenvalue weighted by atomic mass is 19.3. The van der Waals surface area contributed by atoms with E-state index in [2.05, 4.69) is 53.8 Å². The van der Waals surface area contributed by atoms with E-state index in [9.17, 15) is 32.8 Å². The van der Waals surface area contributed by atoms with Crippen molar-refractivity contribution in [2.45, 2.75) is 111 Å². The lowest BCUT2D eigenvalue weighted by Crippen LogP contribution is -2.61. The monoisotopic (exact) mass is 1260 g/mol. The molecule has 3 aromatic heterocycles. The molecule has 488 valence electrons. The van der Waals surface area contributed by atoms with Gasteiger partial charge in [0.25, 0.3) is 18.2 Å². The normalized spacial score (nSPS) is 16.1. The summed E-state index contributed by atoms with van der Waals surface area (Å²) >= 11 is 0. The standard InChI is InChI=1S/C67H84F2N10O12/c1-6-43(2)61(80)76-59(67(3,4)5)66(84)78-40-49-36-51(21-18-47(49)37-56(78)64(83)73-53-13-9-11-45-10-7-8-12-52(45)53)90-35-34-89-33-32-88-31-30-87-29-28-86-27-26-85-25-24-71-62(81)46-16-19-50(20-17-46)79-41-54(58(77-79)60(68)69)74-63(82)55-42-91-65(75-55)48-22-23-70-57(38-48)72-39-44-14-15-44/h7-8,10,12,16-23,36,38,41-44,53,56,59-60H,6,9,11,13-15,24-35,37,39-40H2,1-5H3,(H,70,72)(H,71,81)(H,73,83)(H,74,82)(H,76,80)/t43-,53-,56+,59-/m1/s1. The van der Waals surface area contributed by atoms with Crippen molar-refractivity contribution in [3.05, 3.63) is 137 Å². The molecule has 2 aliphatic carbocycles. The smallest absolute Gasteiger partial charge is 0.284 e. The minimum absolute atomic E-state index is 0.113. The lowest BCUT2D eigenvalue weighted by atomic mass is 9.83. The van der Waals surface area contributed by atoms with Gasteiger partial charge in [-0.05, 0) is 121 Å². The Hall–Kier alpha value is -8.16. The molecule has 0 bridgehead atoms. The number of pyridine rings is 1. The Morgan fingerprint density at radius 2 is 1.47 bits per heavy atom. The molecule has 24 heteroatoms. The number of rotatable bonds is 34. The van der Waals surface area contributed by atoms with Gasteiger partial charge in [-0.2, -0.15) is 5.10 Å². The summed E-state index contributed by atoms with van der Waals surface area (Å²) in [6, 6.07) is 21.8. The predicted octanol–water partition coefficient (Wildman–Crippen LogP) is 8.85. The van der Waals surface area contributed by atoms with Crippen LogP contribution in [-0.2, 0) is 57.5 Å². The Labute approximate surface area is 529 Å². The first kappa shape index (κ1) is 67.2. The number of nitrogens with one attached hydrogen (secondary N) is 5. The van der Waals surface area contributed by atoms with Crippen LogP contribution in [-0.4, -0.2) is 152 Å². The molecule has 5 amide bonds. The Morgan fingerprint density at radius 3 is 2.15 bits per heavy atom. The molecule has 3 aliphatic rings. The number of alkyl halides is 2. The molecule has 4 atom stereocenters. The van der Waals surface area contributed by atoms with Crippen LogP contribution in [0, 0.1) is 17.3 Å². The molecule has 5 N–H and O–H groups in total. The fraction of sp³-hybridized carbons (Fsp3) is 0.493. The zero-order valence-corrected chi connectivity index (χ0v) is 52.4. The maximum absolute atomic E-state index is 14.7. The Bertz CT molecular complexity index is 3390. The van der Waals surface area contributed by atoms with Crippen molar-refractivity contribution in [1.82, 2.24) is 40.6 Å². The molecule has 91 heavy (non-hydrogen) atoms. The van der Waals surface area contributed by atoms with E-state index in [0.717, 1.165) is 48.8 Å². The summed E-state index contributed by atoms with van der Waals surface area (Å²) in [4.78, 5) is 78.5. The minimum Gasteiger partial charge on any atom is -0.491 e. The molecule has 0 radical (unpaired) electrons. The van der Waals surface area contributed by atoms with Gasteiger partial charge in [0.2, 0.25) is 23.6 Å². The fourth-order valence-corrected chi connectivity index (χ4v) is 10.6. The van der Waals surface area contributed by atoms with Crippen LogP contribution >= 0.6 is 0 Å². The van der Waals surface area contributed by atoms with E-state index in [1.165, 1.54) is 41.4 Å². The molecule has 3 aromatic carbocycles. The number of amides is 5. The van der Waals surface area contributed by atoms with Crippen molar-refractivity contribution in [2.75, 3.05) is 96.4 Å². The van der Waals surface area contributed by atoms with Crippen molar-refractivity contribution < 1.29 is 65.6 Å². The molecule has 1 fully saturated rings. The number of halogens is 2. The topological polar surface area (TPSA) is 261 Å². The van der Waals surface area contributed by atoms with Crippen LogP contribution in [0.2, 0.25) is 0 Å². The zero-order valence-electron chi connectivity index (χ0n) is 52.4. The number of aromatic nitrogens is 4. The number of oxazole rings is 1. The van der Waals surface area contributed by atoms with E-state index in [4.69, 9.17) is 32.8 Å². The van der Waals surface area contributed by atoms with Gasteiger partial charge >= 0.3 is 0 Å². The molecule has 6 aromatic rings. The second kappa shape index (κ2) is 32.7. The molecule has 22 nitrogen and oxygen atoms in total. The first-order valence-corrected chi connectivity index (χ1v) is 31.4. The van der Waals surface area contributed by atoms with Crippen molar-refractivity contribution in [1.29, 1.82) is 0 Å². The summed E-state index contributed by atoms with van der Waals surface area (Å²) in [5, 5.41) is 18.9. The number of nitrogens with zero attached hydrogens (tertiary/aromatic N) is 5. The van der Waals surface area contributed by atoms with Gasteiger partial charge in [0.05, 0.1) is 89.7 Å². The second-order valence-corrected chi connectivity index (χ2v) is 24.0. The highest BCUT2D eigenvalue weighted by molar-refractivity contribution is 6.03. The number of hydrogen-bond acceptors (Lipinski definition) is 16. The number of benzene rings is 3. The number of hydrogen-bond donors (Lipinski definition) is 5.